The summed E-state index contributed by atoms with van der Waals surface area (Å²) in [4.78, 5) is 36.4. The standard InChI is InChI=1S/C36H63NO7/c1-6-8-10-12-14-16-17-18-19-21-23-25-27-35(39)44-32(30-42-29-28-33(36(40)41)37(3,4)5)31-43-34(38)26-24-22-20-15-13-11-9-7-2/h8,10,14,16,18-19,32-33H,6-7,9,11-13,15,17,20-31H2,1-5H3/b10-8+,16-14+,19-18+. The maximum atomic E-state index is 12.5. The number of allylic oxidation sites excluding steroid dienone is 6. The van der Waals surface area contributed by atoms with Gasteiger partial charge in [-0.3, -0.25) is 9.59 Å². The van der Waals surface area contributed by atoms with E-state index in [0.29, 0.717) is 12.8 Å². The van der Waals surface area contributed by atoms with Crippen LogP contribution in [0.3, 0.4) is 0 Å². The lowest BCUT2D eigenvalue weighted by Gasteiger charge is -2.34. The molecular weight excluding hydrogens is 558 g/mol. The number of hydrogen-bond acceptors (Lipinski definition) is 7. The highest BCUT2D eigenvalue weighted by Gasteiger charge is 2.25. The van der Waals surface area contributed by atoms with Crippen LogP contribution in [0.2, 0.25) is 0 Å². The Balaban J connectivity index is 4.56. The summed E-state index contributed by atoms with van der Waals surface area (Å²) >= 11 is 0. The number of unbranched alkanes of at least 4 members (excludes halogenated alkanes) is 9. The van der Waals surface area contributed by atoms with Crippen molar-refractivity contribution in [1.29, 1.82) is 0 Å². The summed E-state index contributed by atoms with van der Waals surface area (Å²) in [7, 11) is 5.37. The fourth-order valence-corrected chi connectivity index (χ4v) is 4.61. The Morgan fingerprint density at radius 2 is 1.27 bits per heavy atom. The molecule has 8 nitrogen and oxygen atoms in total. The molecule has 0 fully saturated rings. The zero-order chi connectivity index (χ0) is 32.9. The molecule has 0 aliphatic rings. The summed E-state index contributed by atoms with van der Waals surface area (Å²) in [6, 6.07) is -0.728. The summed E-state index contributed by atoms with van der Waals surface area (Å²) in [5, 5.41) is 11.5. The molecular formula is C36H63NO7. The van der Waals surface area contributed by atoms with Crippen molar-refractivity contribution in [2.45, 2.75) is 135 Å². The van der Waals surface area contributed by atoms with E-state index in [1.807, 2.05) is 0 Å². The molecule has 0 radical (unpaired) electrons. The molecule has 0 aliphatic carbocycles. The second kappa shape index (κ2) is 28.1. The van der Waals surface area contributed by atoms with Crippen molar-refractivity contribution in [3.8, 4) is 0 Å². The van der Waals surface area contributed by atoms with Gasteiger partial charge in [0.15, 0.2) is 6.10 Å². The van der Waals surface area contributed by atoms with Gasteiger partial charge < -0.3 is 28.6 Å². The molecule has 254 valence electrons. The highest BCUT2D eigenvalue weighted by atomic mass is 16.6. The Kier molecular flexibility index (Phi) is 26.5. The Labute approximate surface area is 268 Å². The van der Waals surface area contributed by atoms with E-state index in [9.17, 15) is 19.5 Å². The zero-order valence-corrected chi connectivity index (χ0v) is 28.6. The summed E-state index contributed by atoms with van der Waals surface area (Å²) in [6.07, 6.45) is 27.6. The van der Waals surface area contributed by atoms with Crippen LogP contribution >= 0.6 is 0 Å². The zero-order valence-electron chi connectivity index (χ0n) is 28.6. The lowest BCUT2D eigenvalue weighted by molar-refractivity contribution is -0.889. The smallest absolute Gasteiger partial charge is 0.306 e. The first-order valence-corrected chi connectivity index (χ1v) is 17.0. The highest BCUT2D eigenvalue weighted by molar-refractivity contribution is 5.70. The minimum atomic E-state index is -1.13. The van der Waals surface area contributed by atoms with E-state index < -0.39 is 18.1 Å². The van der Waals surface area contributed by atoms with Crippen LogP contribution < -0.4 is 5.11 Å². The average Bonchev–Trinajstić information content (AvgIpc) is 2.96. The molecule has 44 heavy (non-hydrogen) atoms. The van der Waals surface area contributed by atoms with E-state index in [1.165, 1.54) is 32.1 Å². The van der Waals surface area contributed by atoms with Gasteiger partial charge in [-0.05, 0) is 44.9 Å². The number of carbonyl (C=O) groups is 3. The SMILES string of the molecule is CC/C=C/C/C=C/C/C=C/CCCCC(=O)OC(COCCC(C(=O)[O-])[N+](C)(C)C)COC(=O)CCCCCCCCCC. The molecule has 0 aromatic heterocycles. The van der Waals surface area contributed by atoms with Crippen LogP contribution in [0.4, 0.5) is 0 Å². The quantitative estimate of drug-likeness (QED) is 0.0400. The number of aliphatic carboxylic acids is 1. The third-order valence-corrected chi connectivity index (χ3v) is 7.29. The van der Waals surface area contributed by atoms with Gasteiger partial charge in [0.1, 0.15) is 12.6 Å². The monoisotopic (exact) mass is 621 g/mol. The van der Waals surface area contributed by atoms with Crippen molar-refractivity contribution in [2.24, 2.45) is 0 Å². The minimum Gasteiger partial charge on any atom is -0.544 e. The molecule has 0 bridgehead atoms. The number of ether oxygens (including phenoxy) is 3. The van der Waals surface area contributed by atoms with Crippen molar-refractivity contribution >= 4 is 17.9 Å². The molecule has 0 saturated heterocycles. The van der Waals surface area contributed by atoms with E-state index in [0.717, 1.165) is 51.4 Å². The average molecular weight is 622 g/mol. The number of rotatable bonds is 29. The van der Waals surface area contributed by atoms with Gasteiger partial charge in [-0.2, -0.15) is 0 Å². The highest BCUT2D eigenvalue weighted by Crippen LogP contribution is 2.12. The number of esters is 2. The normalized spacial score (nSPS) is 13.6. The van der Waals surface area contributed by atoms with Crippen molar-refractivity contribution in [1.82, 2.24) is 0 Å². The number of carboxylic acids is 1. The molecule has 0 heterocycles. The molecule has 0 aromatic rings. The Morgan fingerprint density at radius 3 is 1.89 bits per heavy atom. The second-order valence-corrected chi connectivity index (χ2v) is 12.4. The molecule has 0 saturated carbocycles. The number of likely N-dealkylation sites (N-methyl/N-ethyl adjacent to an activating group) is 1. The van der Waals surface area contributed by atoms with Gasteiger partial charge in [-0.15, -0.1) is 0 Å². The molecule has 2 atom stereocenters. The van der Waals surface area contributed by atoms with Crippen molar-refractivity contribution in [2.75, 3.05) is 41.0 Å². The Morgan fingerprint density at radius 1 is 0.705 bits per heavy atom. The molecule has 8 heteroatoms. The molecule has 0 spiro atoms. The predicted molar refractivity (Wildman–Crippen MR) is 176 cm³/mol. The third kappa shape index (κ3) is 26.0. The number of nitrogens with zero attached hydrogens (tertiary/aromatic N) is 1. The van der Waals surface area contributed by atoms with Crippen LogP contribution in [0.1, 0.15) is 123 Å². The molecule has 0 rings (SSSR count). The van der Waals surface area contributed by atoms with Crippen molar-refractivity contribution in [3.05, 3.63) is 36.5 Å². The van der Waals surface area contributed by atoms with Crippen LogP contribution in [0, 0.1) is 0 Å². The van der Waals surface area contributed by atoms with Gasteiger partial charge in [-0.1, -0.05) is 95.2 Å². The van der Waals surface area contributed by atoms with Crippen LogP contribution in [-0.4, -0.2) is 75.5 Å². The molecule has 2 unspecified atom stereocenters. The maximum Gasteiger partial charge on any atom is 0.306 e. The van der Waals surface area contributed by atoms with Gasteiger partial charge in [0, 0.05) is 19.3 Å². The van der Waals surface area contributed by atoms with Crippen molar-refractivity contribution < 1.29 is 38.2 Å². The van der Waals surface area contributed by atoms with Crippen LogP contribution in [0.25, 0.3) is 0 Å². The maximum absolute atomic E-state index is 12.5. The number of quaternary nitrogens is 1. The first-order chi connectivity index (χ1) is 21.1. The van der Waals surface area contributed by atoms with Gasteiger partial charge in [0.2, 0.25) is 0 Å². The van der Waals surface area contributed by atoms with Crippen molar-refractivity contribution in [3.63, 3.8) is 0 Å². The van der Waals surface area contributed by atoms with E-state index in [-0.39, 0.29) is 49.1 Å². The lowest BCUT2D eigenvalue weighted by atomic mass is 10.1. The van der Waals surface area contributed by atoms with Gasteiger partial charge >= 0.3 is 11.9 Å². The largest absolute Gasteiger partial charge is 0.544 e. The Hall–Kier alpha value is -2.45. The lowest BCUT2D eigenvalue weighted by Crippen LogP contribution is -2.55. The molecule has 0 N–H and O–H groups in total. The van der Waals surface area contributed by atoms with Gasteiger partial charge in [0.25, 0.3) is 0 Å². The fourth-order valence-electron chi connectivity index (χ4n) is 4.61. The fraction of sp³-hybridized carbons (Fsp3) is 0.750. The third-order valence-electron chi connectivity index (χ3n) is 7.29. The summed E-state index contributed by atoms with van der Waals surface area (Å²) in [6.45, 7) is 4.44. The summed E-state index contributed by atoms with van der Waals surface area (Å²) in [5.74, 6) is -1.80. The van der Waals surface area contributed by atoms with E-state index in [2.05, 4.69) is 50.3 Å². The second-order valence-electron chi connectivity index (χ2n) is 12.4. The first-order valence-electron chi connectivity index (χ1n) is 17.0. The number of carbonyl (C=O) groups excluding carboxylic acids is 3. The first kappa shape index (κ1) is 41.5. The Bertz CT molecular complexity index is 829. The summed E-state index contributed by atoms with van der Waals surface area (Å²) < 4.78 is 16.9. The van der Waals surface area contributed by atoms with E-state index in [4.69, 9.17) is 14.2 Å². The topological polar surface area (TPSA) is 102 Å². The molecule has 0 aromatic carbocycles. The summed E-state index contributed by atoms with van der Waals surface area (Å²) in [5.41, 5.74) is 0. The van der Waals surface area contributed by atoms with Crippen LogP contribution in [0.15, 0.2) is 36.5 Å². The molecule has 0 aliphatic heterocycles. The minimum absolute atomic E-state index is 0.0260. The number of carboxylic acid groups (broad SMARTS) is 1. The van der Waals surface area contributed by atoms with E-state index in [1.54, 1.807) is 21.1 Å². The van der Waals surface area contributed by atoms with E-state index >= 15 is 0 Å². The molecule has 0 amide bonds. The predicted octanol–water partition coefficient (Wildman–Crippen LogP) is 6.62. The van der Waals surface area contributed by atoms with Crippen LogP contribution in [0.5, 0.6) is 0 Å². The van der Waals surface area contributed by atoms with Gasteiger partial charge in [-0.25, -0.2) is 0 Å². The van der Waals surface area contributed by atoms with Gasteiger partial charge in [0.05, 0.1) is 40.3 Å². The van der Waals surface area contributed by atoms with Crippen LogP contribution in [-0.2, 0) is 28.6 Å². The number of hydrogen-bond donors (Lipinski definition) is 0.